The molecule has 2 aliphatic heterocycles. The zero-order valence-corrected chi connectivity index (χ0v) is 20.3. The van der Waals surface area contributed by atoms with Gasteiger partial charge in [-0.2, -0.15) is 0 Å². The lowest BCUT2D eigenvalue weighted by atomic mass is 10.00. The van der Waals surface area contributed by atoms with Crippen molar-refractivity contribution in [2.24, 2.45) is 0 Å². The first-order valence-electron chi connectivity index (χ1n) is 11.9. The zero-order chi connectivity index (χ0) is 24.7. The zero-order valence-electron chi connectivity index (χ0n) is 20.3. The molecular formula is C30H27NO4. The van der Waals surface area contributed by atoms with Gasteiger partial charge in [0, 0.05) is 47.6 Å². The summed E-state index contributed by atoms with van der Waals surface area (Å²) in [5.41, 5.74) is 4.86. The molecule has 0 fully saturated rings. The van der Waals surface area contributed by atoms with Crippen LogP contribution in [0.1, 0.15) is 54.0 Å². The first-order chi connectivity index (χ1) is 16.9. The molecule has 0 spiro atoms. The minimum absolute atomic E-state index is 0.176. The molecule has 0 aromatic heterocycles. The van der Waals surface area contributed by atoms with Gasteiger partial charge in [-0.15, -0.1) is 0 Å². The van der Waals surface area contributed by atoms with Crippen LogP contribution in [-0.4, -0.2) is 24.7 Å². The van der Waals surface area contributed by atoms with Gasteiger partial charge in [-0.3, -0.25) is 9.59 Å². The Morgan fingerprint density at radius 1 is 0.829 bits per heavy atom. The maximum atomic E-state index is 13.0. The number of hydrogen-bond donors (Lipinski definition) is 0. The van der Waals surface area contributed by atoms with Gasteiger partial charge in [0.25, 0.3) is 0 Å². The maximum Gasteiger partial charge on any atom is 0.198 e. The van der Waals surface area contributed by atoms with Crippen LogP contribution < -0.4 is 9.64 Å². The van der Waals surface area contributed by atoms with Crippen molar-refractivity contribution in [3.63, 3.8) is 0 Å². The normalized spacial score (nSPS) is 17.8. The number of carbonyl (C=O) groups is 2. The van der Waals surface area contributed by atoms with Gasteiger partial charge in [0.15, 0.2) is 11.6 Å². The molecular weight excluding hydrogens is 438 g/mol. The fraction of sp³-hybridized carbons (Fsp3) is 0.200. The Morgan fingerprint density at radius 2 is 1.51 bits per heavy atom. The van der Waals surface area contributed by atoms with Crippen LogP contribution in [0, 0.1) is 0 Å². The molecule has 0 radical (unpaired) electrons. The third kappa shape index (κ3) is 4.03. The molecule has 176 valence electrons. The SMILES string of the molecule is CCN(CC)c1ccc2c(c1)OC(=CC1=CC(=C3C(=O)c4ccccc4C3=O)C=C(C)O1)C=C2C. The molecule has 0 bridgehead atoms. The first kappa shape index (κ1) is 22.7. The lowest BCUT2D eigenvalue weighted by molar-refractivity contribution is 0.0988. The van der Waals surface area contributed by atoms with Crippen LogP contribution in [-0.2, 0) is 4.74 Å². The number of allylic oxidation sites excluding steroid dienone is 8. The van der Waals surface area contributed by atoms with Gasteiger partial charge in [0.1, 0.15) is 23.0 Å². The molecule has 35 heavy (non-hydrogen) atoms. The van der Waals surface area contributed by atoms with Gasteiger partial charge in [-0.25, -0.2) is 0 Å². The second-order valence-electron chi connectivity index (χ2n) is 8.77. The Balaban J connectivity index is 1.51. The van der Waals surface area contributed by atoms with E-state index in [1.54, 1.807) is 49.4 Å². The van der Waals surface area contributed by atoms with Crippen LogP contribution in [0.4, 0.5) is 5.69 Å². The third-order valence-corrected chi connectivity index (χ3v) is 6.48. The first-order valence-corrected chi connectivity index (χ1v) is 11.9. The molecule has 5 heteroatoms. The minimum atomic E-state index is -0.252. The quantitative estimate of drug-likeness (QED) is 0.386. The van der Waals surface area contributed by atoms with Crippen LogP contribution in [0.25, 0.3) is 5.57 Å². The van der Waals surface area contributed by atoms with Crippen molar-refractivity contribution in [2.45, 2.75) is 27.7 Å². The van der Waals surface area contributed by atoms with E-state index >= 15 is 0 Å². The van der Waals surface area contributed by atoms with Crippen LogP contribution in [0.5, 0.6) is 5.75 Å². The summed E-state index contributed by atoms with van der Waals surface area (Å²) in [5.74, 6) is 2.02. The second kappa shape index (κ2) is 8.91. The number of benzene rings is 2. The number of hydrogen-bond acceptors (Lipinski definition) is 5. The van der Waals surface area contributed by atoms with Crippen molar-refractivity contribution >= 4 is 22.8 Å². The summed E-state index contributed by atoms with van der Waals surface area (Å²) in [4.78, 5) is 28.3. The Kier molecular flexibility index (Phi) is 5.77. The van der Waals surface area contributed by atoms with E-state index in [0.717, 1.165) is 35.7 Å². The minimum Gasteiger partial charge on any atom is -0.462 e. The van der Waals surface area contributed by atoms with Crippen LogP contribution in [0.3, 0.4) is 0 Å². The molecule has 0 N–H and O–H groups in total. The molecule has 5 rings (SSSR count). The standard InChI is InChI=1S/C30H27NO4/c1-5-31(6-2)21-11-12-24-18(3)13-22(35-27(24)16-21)17-23-15-20(14-19(4)34-23)28-29(32)25-9-7-8-10-26(25)30(28)33/h7-17H,5-6H2,1-4H3. The Hall–Kier alpha value is -4.12. The number of fused-ring (bicyclic) bond motifs is 2. The highest BCUT2D eigenvalue weighted by Gasteiger charge is 2.35. The fourth-order valence-corrected chi connectivity index (χ4v) is 4.75. The molecule has 2 aromatic rings. The van der Waals surface area contributed by atoms with Gasteiger partial charge in [-0.1, -0.05) is 24.3 Å². The van der Waals surface area contributed by atoms with Crippen molar-refractivity contribution in [3.05, 3.63) is 112 Å². The Morgan fingerprint density at radius 3 is 2.17 bits per heavy atom. The molecule has 1 aliphatic carbocycles. The number of ketones is 2. The smallest absolute Gasteiger partial charge is 0.198 e. The van der Waals surface area contributed by atoms with E-state index in [0.29, 0.717) is 34.0 Å². The van der Waals surface area contributed by atoms with Crippen LogP contribution in [0.2, 0.25) is 0 Å². The summed E-state index contributed by atoms with van der Waals surface area (Å²) in [6, 6.07) is 13.2. The van der Waals surface area contributed by atoms with Crippen molar-refractivity contribution in [1.29, 1.82) is 0 Å². The second-order valence-corrected chi connectivity index (χ2v) is 8.77. The van der Waals surface area contributed by atoms with Crippen LogP contribution in [0.15, 0.2) is 95.2 Å². The van der Waals surface area contributed by atoms with Crippen molar-refractivity contribution in [3.8, 4) is 5.75 Å². The molecule has 3 aliphatic rings. The largest absolute Gasteiger partial charge is 0.462 e. The van der Waals surface area contributed by atoms with Gasteiger partial charge >= 0.3 is 0 Å². The van der Waals surface area contributed by atoms with Gasteiger partial charge < -0.3 is 14.4 Å². The van der Waals surface area contributed by atoms with Crippen molar-refractivity contribution in [1.82, 2.24) is 0 Å². The van der Waals surface area contributed by atoms with E-state index in [1.807, 2.05) is 13.0 Å². The predicted octanol–water partition coefficient (Wildman–Crippen LogP) is 6.41. The molecule has 2 aromatic carbocycles. The molecule has 0 saturated heterocycles. The number of nitrogens with zero attached hydrogens (tertiary/aromatic N) is 1. The third-order valence-electron chi connectivity index (χ3n) is 6.48. The number of carbonyl (C=O) groups excluding carboxylic acids is 2. The van der Waals surface area contributed by atoms with Gasteiger partial charge in [0.05, 0.1) is 5.57 Å². The molecule has 5 nitrogen and oxygen atoms in total. The summed E-state index contributed by atoms with van der Waals surface area (Å²) in [7, 11) is 0. The number of Topliss-reactive ketones (excluding diaryl/α,β-unsaturated/α-hetero) is 2. The average Bonchev–Trinajstić information content (AvgIpc) is 3.09. The van der Waals surface area contributed by atoms with Crippen molar-refractivity contribution in [2.75, 3.05) is 18.0 Å². The van der Waals surface area contributed by atoms with E-state index in [1.165, 1.54) is 0 Å². The lowest BCUT2D eigenvalue weighted by Gasteiger charge is -2.25. The highest BCUT2D eigenvalue weighted by atomic mass is 16.5. The summed E-state index contributed by atoms with van der Waals surface area (Å²) in [5, 5.41) is 0. The lowest BCUT2D eigenvalue weighted by Crippen LogP contribution is -2.21. The molecule has 0 amide bonds. The average molecular weight is 466 g/mol. The molecule has 2 heterocycles. The fourth-order valence-electron chi connectivity index (χ4n) is 4.75. The van der Waals surface area contributed by atoms with Crippen LogP contribution >= 0.6 is 0 Å². The summed E-state index contributed by atoms with van der Waals surface area (Å²) >= 11 is 0. The van der Waals surface area contributed by atoms with E-state index < -0.39 is 0 Å². The predicted molar refractivity (Wildman–Crippen MR) is 137 cm³/mol. The topological polar surface area (TPSA) is 55.8 Å². The van der Waals surface area contributed by atoms with E-state index in [9.17, 15) is 9.59 Å². The van der Waals surface area contributed by atoms with E-state index in [-0.39, 0.29) is 17.1 Å². The number of ether oxygens (including phenoxy) is 2. The van der Waals surface area contributed by atoms with E-state index in [4.69, 9.17) is 9.47 Å². The van der Waals surface area contributed by atoms with Gasteiger partial charge in [0.2, 0.25) is 0 Å². The van der Waals surface area contributed by atoms with Crippen molar-refractivity contribution < 1.29 is 19.1 Å². The Labute approximate surface area is 205 Å². The highest BCUT2D eigenvalue weighted by Crippen LogP contribution is 2.37. The highest BCUT2D eigenvalue weighted by molar-refractivity contribution is 6.40. The molecule has 0 unspecified atom stereocenters. The summed E-state index contributed by atoms with van der Waals surface area (Å²) < 4.78 is 12.2. The summed E-state index contributed by atoms with van der Waals surface area (Å²) in [6.07, 6.45) is 7.22. The number of anilines is 1. The van der Waals surface area contributed by atoms with E-state index in [2.05, 4.69) is 36.9 Å². The monoisotopic (exact) mass is 465 g/mol. The molecule has 0 saturated carbocycles. The Bertz CT molecular complexity index is 1380. The van der Waals surface area contributed by atoms with Gasteiger partial charge in [-0.05, 0) is 69.2 Å². The number of rotatable bonds is 4. The molecule has 0 atom stereocenters. The maximum absolute atomic E-state index is 13.0. The summed E-state index contributed by atoms with van der Waals surface area (Å²) in [6.45, 7) is 9.95.